The number of nitrogens with two attached hydrogens (primary N) is 1. The molecule has 1 unspecified atom stereocenters. The summed E-state index contributed by atoms with van der Waals surface area (Å²) in [6.45, 7) is 1.92. The second-order valence-corrected chi connectivity index (χ2v) is 4.67. The predicted molar refractivity (Wildman–Crippen MR) is 71.0 cm³/mol. The quantitative estimate of drug-likeness (QED) is 0.910. The zero-order valence-electron chi connectivity index (χ0n) is 11.3. The highest BCUT2D eigenvalue weighted by molar-refractivity contribution is 5.38. The Balaban J connectivity index is 2.52. The van der Waals surface area contributed by atoms with Crippen LogP contribution < -0.4 is 11.4 Å². The van der Waals surface area contributed by atoms with E-state index in [0.29, 0.717) is 6.42 Å². The van der Waals surface area contributed by atoms with Crippen molar-refractivity contribution in [2.45, 2.75) is 32.0 Å². The van der Waals surface area contributed by atoms with Crippen molar-refractivity contribution in [2.75, 3.05) is 0 Å². The van der Waals surface area contributed by atoms with Crippen LogP contribution >= 0.6 is 0 Å². The minimum absolute atomic E-state index is 0.0881. The van der Waals surface area contributed by atoms with Gasteiger partial charge < -0.3 is 5.73 Å². The maximum absolute atomic E-state index is 12.8. The number of nitrogens with zero attached hydrogens (tertiary/aromatic N) is 2. The van der Waals surface area contributed by atoms with Gasteiger partial charge in [0.05, 0.1) is 17.3 Å². The lowest BCUT2D eigenvalue weighted by Crippen LogP contribution is -2.22. The number of H-pyrrole nitrogens is 1. The monoisotopic (exact) mass is 300 g/mol. The van der Waals surface area contributed by atoms with Crippen molar-refractivity contribution in [1.29, 1.82) is 0 Å². The zero-order valence-corrected chi connectivity index (χ0v) is 11.3. The van der Waals surface area contributed by atoms with Gasteiger partial charge in [0.1, 0.15) is 0 Å². The van der Waals surface area contributed by atoms with E-state index in [1.165, 1.54) is 12.1 Å². The molecule has 0 aliphatic heterocycles. The lowest BCUT2D eigenvalue weighted by atomic mass is 10.1. The highest BCUT2D eigenvalue weighted by Gasteiger charge is 2.31. The van der Waals surface area contributed by atoms with E-state index in [-0.39, 0.29) is 11.5 Å². The Morgan fingerprint density at radius 2 is 2.14 bits per heavy atom. The summed E-state index contributed by atoms with van der Waals surface area (Å²) in [4.78, 5) is 11.8. The highest BCUT2D eigenvalue weighted by atomic mass is 19.4. The van der Waals surface area contributed by atoms with Crippen molar-refractivity contribution in [3.8, 4) is 5.69 Å². The number of aromatic nitrogens is 3. The smallest absolute Gasteiger partial charge is 0.321 e. The zero-order chi connectivity index (χ0) is 15.6. The summed E-state index contributed by atoms with van der Waals surface area (Å²) in [5.41, 5.74) is 4.56. The van der Waals surface area contributed by atoms with Gasteiger partial charge in [-0.15, -0.1) is 0 Å². The fourth-order valence-corrected chi connectivity index (χ4v) is 2.07. The fourth-order valence-electron chi connectivity index (χ4n) is 2.07. The summed E-state index contributed by atoms with van der Waals surface area (Å²) in [7, 11) is 0. The van der Waals surface area contributed by atoms with Gasteiger partial charge in [-0.1, -0.05) is 19.4 Å². The third-order valence-electron chi connectivity index (χ3n) is 3.06. The topological polar surface area (TPSA) is 76.7 Å². The molecule has 21 heavy (non-hydrogen) atoms. The van der Waals surface area contributed by atoms with Crippen LogP contribution in [-0.2, 0) is 6.18 Å². The Kier molecular flexibility index (Phi) is 4.17. The molecule has 8 heteroatoms. The summed E-state index contributed by atoms with van der Waals surface area (Å²) in [6, 6.07) is 3.98. The SMILES string of the molecule is CCCC(N)c1n[nH]c(=O)n1-c1cccc(C(F)(F)F)c1. The number of nitrogens with one attached hydrogen (secondary N) is 1. The average molecular weight is 300 g/mol. The number of rotatable bonds is 4. The molecular weight excluding hydrogens is 285 g/mol. The van der Waals surface area contributed by atoms with E-state index < -0.39 is 23.5 Å². The Morgan fingerprint density at radius 3 is 2.76 bits per heavy atom. The average Bonchev–Trinajstić information content (AvgIpc) is 2.80. The van der Waals surface area contributed by atoms with Crippen LogP contribution in [0, 0.1) is 0 Å². The van der Waals surface area contributed by atoms with E-state index in [1.807, 2.05) is 6.92 Å². The number of alkyl halides is 3. The van der Waals surface area contributed by atoms with Gasteiger partial charge >= 0.3 is 11.9 Å². The molecule has 3 N–H and O–H groups in total. The molecular formula is C13H15F3N4O. The molecule has 0 bridgehead atoms. The first-order valence-electron chi connectivity index (χ1n) is 6.45. The van der Waals surface area contributed by atoms with E-state index in [4.69, 9.17) is 5.73 Å². The molecule has 0 saturated carbocycles. The van der Waals surface area contributed by atoms with E-state index in [0.717, 1.165) is 23.1 Å². The lowest BCUT2D eigenvalue weighted by Gasteiger charge is -2.13. The van der Waals surface area contributed by atoms with E-state index in [9.17, 15) is 18.0 Å². The van der Waals surface area contributed by atoms with Crippen LogP contribution in [0.15, 0.2) is 29.1 Å². The Hall–Kier alpha value is -2.09. The van der Waals surface area contributed by atoms with Crippen molar-refractivity contribution >= 4 is 0 Å². The van der Waals surface area contributed by atoms with Gasteiger partial charge in [0.15, 0.2) is 5.82 Å². The van der Waals surface area contributed by atoms with Crippen molar-refractivity contribution in [3.63, 3.8) is 0 Å². The van der Waals surface area contributed by atoms with Gasteiger partial charge in [0, 0.05) is 0 Å². The van der Waals surface area contributed by atoms with Crippen molar-refractivity contribution in [2.24, 2.45) is 5.73 Å². The first-order valence-corrected chi connectivity index (χ1v) is 6.45. The Bertz CT molecular complexity index is 675. The van der Waals surface area contributed by atoms with Gasteiger partial charge in [-0.25, -0.2) is 14.5 Å². The molecule has 2 rings (SSSR count). The van der Waals surface area contributed by atoms with Crippen LogP contribution in [0.5, 0.6) is 0 Å². The molecule has 0 saturated heterocycles. The van der Waals surface area contributed by atoms with Crippen LogP contribution in [0.25, 0.3) is 5.69 Å². The fraction of sp³-hybridized carbons (Fsp3) is 0.385. The molecule has 1 aromatic heterocycles. The summed E-state index contributed by atoms with van der Waals surface area (Å²) < 4.78 is 39.3. The van der Waals surface area contributed by atoms with E-state index in [1.54, 1.807) is 0 Å². The number of benzene rings is 1. The Morgan fingerprint density at radius 1 is 1.43 bits per heavy atom. The molecule has 1 atom stereocenters. The first kappa shape index (κ1) is 15.3. The number of aromatic amines is 1. The van der Waals surface area contributed by atoms with Gasteiger partial charge in [-0.3, -0.25) is 0 Å². The third-order valence-corrected chi connectivity index (χ3v) is 3.06. The standard InChI is InChI=1S/C13H15F3N4O/c1-2-4-10(17)11-18-19-12(21)20(11)9-6-3-5-8(7-9)13(14,15)16/h3,5-7,10H,2,4,17H2,1H3,(H,19,21). The largest absolute Gasteiger partial charge is 0.416 e. The summed E-state index contributed by atoms with van der Waals surface area (Å²) >= 11 is 0. The molecule has 0 aliphatic carbocycles. The van der Waals surface area contributed by atoms with Crippen LogP contribution in [0.2, 0.25) is 0 Å². The van der Waals surface area contributed by atoms with Gasteiger partial charge in [0.25, 0.3) is 0 Å². The van der Waals surface area contributed by atoms with Crippen LogP contribution in [0.4, 0.5) is 13.2 Å². The van der Waals surface area contributed by atoms with Crippen LogP contribution in [0.1, 0.15) is 37.2 Å². The normalized spacial score (nSPS) is 13.4. The van der Waals surface area contributed by atoms with Gasteiger partial charge in [-0.05, 0) is 24.6 Å². The molecule has 0 spiro atoms. The molecule has 1 heterocycles. The van der Waals surface area contributed by atoms with Gasteiger partial charge in [-0.2, -0.15) is 18.3 Å². The van der Waals surface area contributed by atoms with E-state index >= 15 is 0 Å². The lowest BCUT2D eigenvalue weighted by molar-refractivity contribution is -0.137. The second-order valence-electron chi connectivity index (χ2n) is 4.67. The molecule has 0 aliphatic rings. The minimum atomic E-state index is -4.48. The van der Waals surface area contributed by atoms with Gasteiger partial charge in [0.2, 0.25) is 0 Å². The van der Waals surface area contributed by atoms with E-state index in [2.05, 4.69) is 10.2 Å². The molecule has 0 fully saturated rings. The third kappa shape index (κ3) is 3.15. The summed E-state index contributed by atoms with van der Waals surface area (Å²) in [5.74, 6) is 0.223. The molecule has 114 valence electrons. The maximum Gasteiger partial charge on any atom is 0.416 e. The Labute approximate surface area is 118 Å². The molecule has 1 aromatic carbocycles. The highest BCUT2D eigenvalue weighted by Crippen LogP contribution is 2.30. The molecule has 0 amide bonds. The molecule has 0 radical (unpaired) electrons. The molecule has 2 aromatic rings. The molecule has 5 nitrogen and oxygen atoms in total. The predicted octanol–water partition coefficient (Wildman–Crippen LogP) is 2.38. The number of hydrogen-bond acceptors (Lipinski definition) is 3. The van der Waals surface area contributed by atoms with Crippen molar-refractivity contribution < 1.29 is 13.2 Å². The second kappa shape index (κ2) is 5.72. The summed E-state index contributed by atoms with van der Waals surface area (Å²) in [5, 5.41) is 6.05. The van der Waals surface area contributed by atoms with Crippen LogP contribution in [-0.4, -0.2) is 14.8 Å². The van der Waals surface area contributed by atoms with Crippen LogP contribution in [0.3, 0.4) is 0 Å². The summed E-state index contributed by atoms with van der Waals surface area (Å²) in [6.07, 6.45) is -3.14. The minimum Gasteiger partial charge on any atom is -0.321 e. The number of halogens is 3. The van der Waals surface area contributed by atoms with Crippen molar-refractivity contribution in [1.82, 2.24) is 14.8 Å². The number of hydrogen-bond donors (Lipinski definition) is 2. The first-order chi connectivity index (χ1) is 9.84. The maximum atomic E-state index is 12.8. The van der Waals surface area contributed by atoms with Crippen molar-refractivity contribution in [3.05, 3.63) is 46.1 Å².